The van der Waals surface area contributed by atoms with Crippen molar-refractivity contribution in [2.45, 2.75) is 38.9 Å². The van der Waals surface area contributed by atoms with Crippen molar-refractivity contribution in [1.82, 2.24) is 0 Å². The van der Waals surface area contributed by atoms with Crippen molar-refractivity contribution in [3.63, 3.8) is 0 Å². The molecule has 0 spiro atoms. The number of nitrogens with two attached hydrogens (primary N) is 1. The Morgan fingerprint density at radius 2 is 2.21 bits per heavy atom. The van der Waals surface area contributed by atoms with Crippen LogP contribution in [0.4, 0.5) is 0 Å². The maximum atomic E-state index is 11.6. The van der Waals surface area contributed by atoms with Crippen LogP contribution < -0.4 is 5.73 Å². The third kappa shape index (κ3) is 3.27. The van der Waals surface area contributed by atoms with E-state index in [0.717, 1.165) is 0 Å². The molecule has 1 heterocycles. The summed E-state index contributed by atoms with van der Waals surface area (Å²) in [5.74, 6) is -0.309. The second kappa shape index (κ2) is 4.28. The molecule has 82 valence electrons. The maximum absolute atomic E-state index is 11.6. The van der Waals surface area contributed by atoms with Crippen molar-refractivity contribution in [2.24, 2.45) is 11.7 Å². The summed E-state index contributed by atoms with van der Waals surface area (Å²) in [5.41, 5.74) is 5.03. The van der Waals surface area contributed by atoms with Crippen LogP contribution in [-0.2, 0) is 14.3 Å². The Labute approximate surface area is 84.7 Å². The summed E-state index contributed by atoms with van der Waals surface area (Å²) >= 11 is 0. The predicted molar refractivity (Wildman–Crippen MR) is 52.7 cm³/mol. The Bertz CT molecular complexity index is 210. The third-order valence-corrected chi connectivity index (χ3v) is 2.08. The Hall–Kier alpha value is -0.610. The van der Waals surface area contributed by atoms with Crippen molar-refractivity contribution in [3.05, 3.63) is 0 Å². The second-order valence-electron chi connectivity index (χ2n) is 4.66. The molecule has 1 saturated heterocycles. The van der Waals surface area contributed by atoms with Crippen LogP contribution in [0, 0.1) is 5.92 Å². The van der Waals surface area contributed by atoms with Gasteiger partial charge in [0, 0.05) is 6.54 Å². The lowest BCUT2D eigenvalue weighted by molar-refractivity contribution is -0.159. The van der Waals surface area contributed by atoms with Gasteiger partial charge in [-0.2, -0.15) is 0 Å². The van der Waals surface area contributed by atoms with Gasteiger partial charge >= 0.3 is 5.97 Å². The van der Waals surface area contributed by atoms with Crippen molar-refractivity contribution in [1.29, 1.82) is 0 Å². The minimum absolute atomic E-state index is 0.0209. The summed E-state index contributed by atoms with van der Waals surface area (Å²) in [5, 5.41) is 0. The first-order chi connectivity index (χ1) is 6.42. The van der Waals surface area contributed by atoms with Crippen LogP contribution in [0.2, 0.25) is 0 Å². The fourth-order valence-electron chi connectivity index (χ4n) is 1.42. The highest BCUT2D eigenvalue weighted by molar-refractivity contribution is 5.73. The molecular formula is C10H19NO3. The standard InChI is InChI=1S/C10H19NO3/c1-10(2,3)14-9(12)7-4-8(5-11)13-6-7/h7-8H,4-6,11H2,1-3H3. The van der Waals surface area contributed by atoms with E-state index in [9.17, 15) is 4.79 Å². The average molecular weight is 201 g/mol. The predicted octanol–water partition coefficient (Wildman–Crippen LogP) is 0.692. The summed E-state index contributed by atoms with van der Waals surface area (Å²) < 4.78 is 10.6. The lowest BCUT2D eigenvalue weighted by Crippen LogP contribution is -2.29. The van der Waals surface area contributed by atoms with Crippen molar-refractivity contribution < 1.29 is 14.3 Å². The number of carbonyl (C=O) groups is 1. The highest BCUT2D eigenvalue weighted by Crippen LogP contribution is 2.22. The SMILES string of the molecule is CC(C)(C)OC(=O)C1COC(CN)C1. The van der Waals surface area contributed by atoms with Gasteiger partial charge in [0.1, 0.15) is 5.60 Å². The van der Waals surface area contributed by atoms with Gasteiger partial charge in [0.25, 0.3) is 0 Å². The van der Waals surface area contributed by atoms with Crippen molar-refractivity contribution in [3.8, 4) is 0 Å². The Morgan fingerprint density at radius 3 is 2.64 bits per heavy atom. The van der Waals surface area contributed by atoms with Gasteiger partial charge in [-0.05, 0) is 27.2 Å². The Balaban J connectivity index is 2.40. The molecule has 0 aromatic rings. The van der Waals surface area contributed by atoms with Gasteiger partial charge in [-0.3, -0.25) is 4.79 Å². The maximum Gasteiger partial charge on any atom is 0.311 e. The summed E-state index contributed by atoms with van der Waals surface area (Å²) in [7, 11) is 0. The molecule has 0 saturated carbocycles. The van der Waals surface area contributed by atoms with Gasteiger partial charge in [0.2, 0.25) is 0 Å². The van der Waals surface area contributed by atoms with Gasteiger partial charge in [-0.15, -0.1) is 0 Å². The van der Waals surface area contributed by atoms with E-state index in [1.807, 2.05) is 20.8 Å². The van der Waals surface area contributed by atoms with Crippen molar-refractivity contribution in [2.75, 3.05) is 13.2 Å². The first-order valence-corrected chi connectivity index (χ1v) is 4.97. The lowest BCUT2D eigenvalue weighted by Gasteiger charge is -2.21. The second-order valence-corrected chi connectivity index (χ2v) is 4.66. The zero-order chi connectivity index (χ0) is 10.8. The molecule has 0 amide bonds. The number of esters is 1. The molecule has 1 aliphatic rings. The van der Waals surface area contributed by atoms with Gasteiger partial charge < -0.3 is 15.2 Å². The summed E-state index contributed by atoms with van der Waals surface area (Å²) in [6.45, 7) is 6.50. The quantitative estimate of drug-likeness (QED) is 0.668. The largest absolute Gasteiger partial charge is 0.460 e. The van der Waals surface area contributed by atoms with Crippen LogP contribution in [0.15, 0.2) is 0 Å². The fraction of sp³-hybridized carbons (Fsp3) is 0.900. The van der Waals surface area contributed by atoms with E-state index in [4.69, 9.17) is 15.2 Å². The molecule has 14 heavy (non-hydrogen) atoms. The van der Waals surface area contributed by atoms with E-state index >= 15 is 0 Å². The van der Waals surface area contributed by atoms with Crippen LogP contribution in [0.25, 0.3) is 0 Å². The van der Waals surface area contributed by atoms with E-state index in [1.165, 1.54) is 0 Å². The molecule has 4 heteroatoms. The number of rotatable bonds is 2. The molecule has 0 aliphatic carbocycles. The lowest BCUT2D eigenvalue weighted by atomic mass is 10.1. The highest BCUT2D eigenvalue weighted by atomic mass is 16.6. The molecule has 1 fully saturated rings. The number of hydrogen-bond donors (Lipinski definition) is 1. The summed E-state index contributed by atoms with van der Waals surface area (Å²) in [4.78, 5) is 11.6. The molecule has 2 atom stereocenters. The van der Waals surface area contributed by atoms with Crippen LogP contribution in [-0.4, -0.2) is 30.8 Å². The van der Waals surface area contributed by atoms with Gasteiger partial charge in [0.15, 0.2) is 0 Å². The zero-order valence-electron chi connectivity index (χ0n) is 9.08. The van der Waals surface area contributed by atoms with Crippen LogP contribution >= 0.6 is 0 Å². The van der Waals surface area contributed by atoms with E-state index in [0.29, 0.717) is 19.6 Å². The van der Waals surface area contributed by atoms with Crippen LogP contribution in [0.5, 0.6) is 0 Å². The molecule has 4 nitrogen and oxygen atoms in total. The Kier molecular flexibility index (Phi) is 3.50. The van der Waals surface area contributed by atoms with E-state index < -0.39 is 5.60 Å². The summed E-state index contributed by atoms with van der Waals surface area (Å²) in [6, 6.07) is 0. The molecule has 2 unspecified atom stereocenters. The minimum atomic E-state index is -0.419. The first kappa shape index (κ1) is 11.5. The molecule has 1 rings (SSSR count). The van der Waals surface area contributed by atoms with Crippen LogP contribution in [0.1, 0.15) is 27.2 Å². The molecule has 0 aromatic carbocycles. The average Bonchev–Trinajstić information content (AvgIpc) is 2.48. The van der Waals surface area contributed by atoms with Crippen LogP contribution in [0.3, 0.4) is 0 Å². The van der Waals surface area contributed by atoms with Gasteiger partial charge in [-0.25, -0.2) is 0 Å². The molecular weight excluding hydrogens is 182 g/mol. The minimum Gasteiger partial charge on any atom is -0.460 e. The normalized spacial score (nSPS) is 27.7. The van der Waals surface area contributed by atoms with Crippen molar-refractivity contribution >= 4 is 5.97 Å². The summed E-state index contributed by atoms with van der Waals surface area (Å²) in [6.07, 6.45) is 0.707. The first-order valence-electron chi connectivity index (χ1n) is 4.97. The molecule has 0 radical (unpaired) electrons. The monoisotopic (exact) mass is 201 g/mol. The number of ether oxygens (including phenoxy) is 2. The van der Waals surface area contributed by atoms with Gasteiger partial charge in [0.05, 0.1) is 18.6 Å². The van der Waals surface area contributed by atoms with E-state index in [1.54, 1.807) is 0 Å². The topological polar surface area (TPSA) is 61.5 Å². The Morgan fingerprint density at radius 1 is 1.57 bits per heavy atom. The third-order valence-electron chi connectivity index (χ3n) is 2.08. The van der Waals surface area contributed by atoms with Gasteiger partial charge in [-0.1, -0.05) is 0 Å². The number of carbonyl (C=O) groups excluding carboxylic acids is 1. The molecule has 2 N–H and O–H groups in total. The van der Waals surface area contributed by atoms with E-state index in [2.05, 4.69) is 0 Å². The smallest absolute Gasteiger partial charge is 0.311 e. The molecule has 0 aromatic heterocycles. The molecule has 0 bridgehead atoms. The zero-order valence-corrected chi connectivity index (χ0v) is 9.08. The number of hydrogen-bond acceptors (Lipinski definition) is 4. The fourth-order valence-corrected chi connectivity index (χ4v) is 1.42. The van der Waals surface area contributed by atoms with E-state index in [-0.39, 0.29) is 18.0 Å². The molecule has 1 aliphatic heterocycles. The highest BCUT2D eigenvalue weighted by Gasteiger charge is 2.33.